The van der Waals surface area contributed by atoms with Crippen molar-refractivity contribution in [1.82, 2.24) is 19.1 Å². The number of ether oxygens (including phenoxy) is 4. The van der Waals surface area contributed by atoms with Gasteiger partial charge >= 0.3 is 0 Å². The van der Waals surface area contributed by atoms with Crippen molar-refractivity contribution in [3.05, 3.63) is 69.2 Å². The van der Waals surface area contributed by atoms with Crippen LogP contribution in [-0.4, -0.2) is 59.1 Å². The van der Waals surface area contributed by atoms with Gasteiger partial charge in [0, 0.05) is 35.0 Å². The number of methoxy groups -OCH3 is 2. The van der Waals surface area contributed by atoms with Crippen molar-refractivity contribution in [2.75, 3.05) is 27.4 Å². The SMILES string of the molecule is COc1ccc2ccc(=O)n(CC3OCCO3)c2n1.COc1ccc2ccc(=O)n(CC=O)c2n1. The monoisotopic (exact) mass is 480 g/mol. The molecule has 0 spiro atoms. The summed E-state index contributed by atoms with van der Waals surface area (Å²) in [6, 6.07) is 13.5. The molecule has 0 unspecified atom stereocenters. The topological polar surface area (TPSA) is 124 Å². The third kappa shape index (κ3) is 5.36. The molecule has 182 valence electrons. The van der Waals surface area contributed by atoms with Gasteiger partial charge < -0.3 is 23.7 Å². The summed E-state index contributed by atoms with van der Waals surface area (Å²) in [4.78, 5) is 42.5. The third-order valence-corrected chi connectivity index (χ3v) is 5.31. The van der Waals surface area contributed by atoms with Gasteiger partial charge in [0.2, 0.25) is 11.8 Å². The van der Waals surface area contributed by atoms with Gasteiger partial charge in [-0.2, -0.15) is 9.97 Å². The Morgan fingerprint density at radius 2 is 1.31 bits per heavy atom. The number of aromatic nitrogens is 4. The van der Waals surface area contributed by atoms with E-state index in [2.05, 4.69) is 9.97 Å². The lowest BCUT2D eigenvalue weighted by atomic mass is 10.3. The summed E-state index contributed by atoms with van der Waals surface area (Å²) in [5.41, 5.74) is 0.651. The molecule has 1 fully saturated rings. The van der Waals surface area contributed by atoms with E-state index in [1.807, 2.05) is 6.07 Å². The maximum atomic E-state index is 12.0. The number of aldehydes is 1. The van der Waals surface area contributed by atoms with Crippen LogP contribution in [0.2, 0.25) is 0 Å². The van der Waals surface area contributed by atoms with Gasteiger partial charge in [-0.15, -0.1) is 0 Å². The zero-order valence-corrected chi connectivity index (χ0v) is 19.2. The van der Waals surface area contributed by atoms with Crippen LogP contribution in [0.4, 0.5) is 0 Å². The molecule has 1 aliphatic heterocycles. The Bertz CT molecular complexity index is 1460. The molecule has 11 nitrogen and oxygen atoms in total. The highest BCUT2D eigenvalue weighted by Crippen LogP contribution is 2.17. The van der Waals surface area contributed by atoms with Crippen molar-refractivity contribution < 1.29 is 23.7 Å². The van der Waals surface area contributed by atoms with Crippen LogP contribution in [0, 0.1) is 0 Å². The minimum Gasteiger partial charge on any atom is -0.481 e. The van der Waals surface area contributed by atoms with Crippen LogP contribution >= 0.6 is 0 Å². The van der Waals surface area contributed by atoms with Crippen LogP contribution in [0.15, 0.2) is 58.1 Å². The summed E-state index contributed by atoms with van der Waals surface area (Å²) in [6.07, 6.45) is 0.276. The average Bonchev–Trinajstić information content (AvgIpc) is 3.40. The maximum absolute atomic E-state index is 12.0. The molecule has 11 heteroatoms. The lowest BCUT2D eigenvalue weighted by Gasteiger charge is -2.13. The van der Waals surface area contributed by atoms with Gasteiger partial charge in [0.25, 0.3) is 11.1 Å². The fraction of sp³-hybridized carbons (Fsp3) is 0.292. The molecule has 0 N–H and O–H groups in total. The van der Waals surface area contributed by atoms with Crippen molar-refractivity contribution in [3.8, 4) is 11.8 Å². The second kappa shape index (κ2) is 10.9. The molecule has 1 saturated heterocycles. The van der Waals surface area contributed by atoms with Gasteiger partial charge in [-0.05, 0) is 24.3 Å². The fourth-order valence-corrected chi connectivity index (χ4v) is 3.60. The Kier molecular flexibility index (Phi) is 7.48. The van der Waals surface area contributed by atoms with Crippen molar-refractivity contribution in [3.63, 3.8) is 0 Å². The number of fused-ring (bicyclic) bond motifs is 2. The predicted octanol–water partition coefficient (Wildman–Crippen LogP) is 1.38. The molecular weight excluding hydrogens is 456 g/mol. The third-order valence-electron chi connectivity index (χ3n) is 5.31. The molecule has 35 heavy (non-hydrogen) atoms. The number of hydrogen-bond donors (Lipinski definition) is 0. The van der Waals surface area contributed by atoms with Gasteiger partial charge in [0.05, 0.1) is 40.5 Å². The van der Waals surface area contributed by atoms with E-state index in [1.165, 1.54) is 23.8 Å². The van der Waals surface area contributed by atoms with E-state index in [9.17, 15) is 14.4 Å². The van der Waals surface area contributed by atoms with Crippen LogP contribution < -0.4 is 20.6 Å². The molecule has 0 aromatic carbocycles. The van der Waals surface area contributed by atoms with Crippen molar-refractivity contribution in [2.24, 2.45) is 0 Å². The number of nitrogens with zero attached hydrogens (tertiary/aromatic N) is 4. The second-order valence-corrected chi connectivity index (χ2v) is 7.44. The lowest BCUT2D eigenvalue weighted by molar-refractivity contribution is -0.108. The predicted molar refractivity (Wildman–Crippen MR) is 127 cm³/mol. The highest BCUT2D eigenvalue weighted by atomic mass is 16.7. The van der Waals surface area contributed by atoms with Crippen LogP contribution in [0.25, 0.3) is 22.1 Å². The first-order chi connectivity index (χ1) is 17.0. The number of pyridine rings is 4. The van der Waals surface area contributed by atoms with E-state index >= 15 is 0 Å². The standard InChI is InChI=1S/C13H14N2O4.C11H10N2O3/c1-17-10-4-2-9-3-5-11(16)15(13(9)14-10)8-12-18-6-7-19-12;1-16-9-4-2-8-3-5-10(15)13(6-7-14)11(8)12-9/h2-5,12H,6-8H2,1H3;2-5,7H,6H2,1H3. The molecule has 0 saturated carbocycles. The number of rotatable bonds is 6. The Morgan fingerprint density at radius 3 is 1.83 bits per heavy atom. The van der Waals surface area contributed by atoms with Crippen LogP contribution in [-0.2, 0) is 27.4 Å². The van der Waals surface area contributed by atoms with E-state index in [1.54, 1.807) is 42.0 Å². The highest BCUT2D eigenvalue weighted by molar-refractivity contribution is 5.76. The molecule has 1 aliphatic rings. The van der Waals surface area contributed by atoms with E-state index in [4.69, 9.17) is 18.9 Å². The van der Waals surface area contributed by atoms with Gasteiger partial charge in [0.1, 0.15) is 17.6 Å². The summed E-state index contributed by atoms with van der Waals surface area (Å²) in [5, 5.41) is 1.67. The molecule has 0 amide bonds. The van der Waals surface area contributed by atoms with Gasteiger partial charge in [-0.25, -0.2) is 0 Å². The summed E-state index contributed by atoms with van der Waals surface area (Å²) < 4.78 is 23.7. The lowest BCUT2D eigenvalue weighted by Crippen LogP contribution is -2.27. The Hall–Kier alpha value is -4.09. The fourth-order valence-electron chi connectivity index (χ4n) is 3.60. The molecule has 5 rings (SSSR count). The molecule has 0 atom stereocenters. The van der Waals surface area contributed by atoms with E-state index < -0.39 is 6.29 Å². The van der Waals surface area contributed by atoms with Gasteiger partial charge in [-0.3, -0.25) is 18.7 Å². The number of carbonyl (C=O) groups is 1. The average molecular weight is 480 g/mol. The van der Waals surface area contributed by atoms with Gasteiger partial charge in [-0.1, -0.05) is 0 Å². The van der Waals surface area contributed by atoms with E-state index in [0.29, 0.717) is 49.1 Å². The van der Waals surface area contributed by atoms with Crippen LogP contribution in [0.1, 0.15) is 0 Å². The van der Waals surface area contributed by atoms with Gasteiger partial charge in [0.15, 0.2) is 6.29 Å². The first kappa shape index (κ1) is 24.0. The number of carbonyl (C=O) groups excluding carboxylic acids is 1. The highest BCUT2D eigenvalue weighted by Gasteiger charge is 2.18. The Morgan fingerprint density at radius 1 is 0.829 bits per heavy atom. The van der Waals surface area contributed by atoms with Crippen molar-refractivity contribution in [2.45, 2.75) is 19.4 Å². The second-order valence-electron chi connectivity index (χ2n) is 7.44. The summed E-state index contributed by atoms with van der Waals surface area (Å²) in [7, 11) is 3.04. The first-order valence-corrected chi connectivity index (χ1v) is 10.8. The molecule has 4 aromatic heterocycles. The zero-order valence-electron chi connectivity index (χ0n) is 19.2. The molecule has 4 aromatic rings. The molecule has 0 aliphatic carbocycles. The Labute approximate surface area is 199 Å². The summed E-state index contributed by atoms with van der Waals surface area (Å²) in [6.45, 7) is 1.44. The first-order valence-electron chi connectivity index (χ1n) is 10.8. The number of hydrogen-bond acceptors (Lipinski definition) is 9. The van der Waals surface area contributed by atoms with E-state index in [0.717, 1.165) is 10.8 Å². The summed E-state index contributed by atoms with van der Waals surface area (Å²) in [5.74, 6) is 0.887. The van der Waals surface area contributed by atoms with Crippen molar-refractivity contribution in [1.29, 1.82) is 0 Å². The molecular formula is C24H24N4O7. The smallest absolute Gasteiger partial charge is 0.252 e. The zero-order chi connectivity index (χ0) is 24.8. The maximum Gasteiger partial charge on any atom is 0.252 e. The summed E-state index contributed by atoms with van der Waals surface area (Å²) >= 11 is 0. The quantitative estimate of drug-likeness (QED) is 0.377. The van der Waals surface area contributed by atoms with E-state index in [-0.39, 0.29) is 17.7 Å². The minimum atomic E-state index is -0.392. The van der Waals surface area contributed by atoms with Crippen molar-refractivity contribution >= 4 is 28.4 Å². The molecule has 0 radical (unpaired) electrons. The normalized spacial score (nSPS) is 13.4. The minimum absolute atomic E-state index is 0.00363. The molecule has 0 bridgehead atoms. The van der Waals surface area contributed by atoms with Crippen LogP contribution in [0.5, 0.6) is 11.8 Å². The Balaban J connectivity index is 0.000000168. The van der Waals surface area contributed by atoms with Crippen LogP contribution in [0.3, 0.4) is 0 Å². The largest absolute Gasteiger partial charge is 0.481 e. The molecule has 5 heterocycles.